The molecule has 0 fully saturated rings. The largest absolute Gasteiger partial charge is 0.497 e. The maximum absolute atomic E-state index is 13.5. The van der Waals surface area contributed by atoms with Gasteiger partial charge in [0.2, 0.25) is 15.9 Å². The van der Waals surface area contributed by atoms with Crippen molar-refractivity contribution >= 4 is 15.9 Å². The molecule has 0 atom stereocenters. The third kappa shape index (κ3) is 4.84. The molecule has 166 valence electrons. The number of fused-ring (bicyclic) bond motifs is 1. The van der Waals surface area contributed by atoms with Crippen molar-refractivity contribution in [1.82, 2.24) is 9.21 Å². The zero-order valence-corrected chi connectivity index (χ0v) is 18.8. The molecule has 0 saturated carbocycles. The topological polar surface area (TPSA) is 66.9 Å². The minimum atomic E-state index is -3.89. The van der Waals surface area contributed by atoms with Crippen molar-refractivity contribution in [2.75, 3.05) is 20.2 Å². The van der Waals surface area contributed by atoms with Crippen molar-refractivity contribution in [1.29, 1.82) is 0 Å². The third-order valence-electron chi connectivity index (χ3n) is 5.69. The van der Waals surface area contributed by atoms with Gasteiger partial charge in [-0.3, -0.25) is 4.79 Å². The van der Waals surface area contributed by atoms with Crippen LogP contribution in [0.4, 0.5) is 0 Å². The third-order valence-corrected chi connectivity index (χ3v) is 7.50. The van der Waals surface area contributed by atoms with Gasteiger partial charge in [0.05, 0.1) is 18.6 Å². The Balaban J connectivity index is 1.58. The van der Waals surface area contributed by atoms with Crippen LogP contribution in [-0.4, -0.2) is 43.7 Å². The molecule has 3 aromatic carbocycles. The Morgan fingerprint density at radius 2 is 1.59 bits per heavy atom. The molecule has 6 nitrogen and oxygen atoms in total. The van der Waals surface area contributed by atoms with E-state index in [1.54, 1.807) is 17.0 Å². The van der Waals surface area contributed by atoms with E-state index in [9.17, 15) is 13.2 Å². The molecule has 0 unspecified atom stereocenters. The van der Waals surface area contributed by atoms with Gasteiger partial charge in [0.15, 0.2) is 0 Å². The molecule has 0 spiro atoms. The minimum absolute atomic E-state index is 0.116. The number of amides is 1. The van der Waals surface area contributed by atoms with Crippen LogP contribution >= 0.6 is 0 Å². The maximum atomic E-state index is 13.5. The molecule has 0 aliphatic carbocycles. The number of methoxy groups -OCH3 is 1. The van der Waals surface area contributed by atoms with E-state index in [0.717, 1.165) is 17.5 Å². The number of carbonyl (C=O) groups excluding carboxylic acids is 1. The first-order chi connectivity index (χ1) is 15.5. The van der Waals surface area contributed by atoms with Gasteiger partial charge in [-0.1, -0.05) is 54.6 Å². The van der Waals surface area contributed by atoms with Gasteiger partial charge in [-0.05, 0) is 47.4 Å². The van der Waals surface area contributed by atoms with E-state index >= 15 is 0 Å². The first-order valence-electron chi connectivity index (χ1n) is 10.5. The predicted molar refractivity (Wildman–Crippen MR) is 123 cm³/mol. The van der Waals surface area contributed by atoms with Crippen molar-refractivity contribution in [3.63, 3.8) is 0 Å². The Hall–Kier alpha value is -3.16. The fraction of sp³-hybridized carbons (Fsp3) is 0.240. The molecular formula is C25H26N2O4S. The molecule has 0 N–H and O–H groups in total. The van der Waals surface area contributed by atoms with E-state index < -0.39 is 10.0 Å². The Morgan fingerprint density at radius 3 is 2.28 bits per heavy atom. The van der Waals surface area contributed by atoms with E-state index in [2.05, 4.69) is 6.07 Å². The fourth-order valence-electron chi connectivity index (χ4n) is 3.87. The lowest BCUT2D eigenvalue weighted by Gasteiger charge is -2.31. The van der Waals surface area contributed by atoms with Crippen LogP contribution in [0.1, 0.15) is 16.7 Å². The van der Waals surface area contributed by atoms with Crippen LogP contribution in [0.3, 0.4) is 0 Å². The van der Waals surface area contributed by atoms with Crippen molar-refractivity contribution in [2.24, 2.45) is 0 Å². The number of benzene rings is 3. The van der Waals surface area contributed by atoms with Gasteiger partial charge in [0, 0.05) is 19.6 Å². The fourth-order valence-corrected chi connectivity index (χ4v) is 5.25. The number of hydrogen-bond donors (Lipinski definition) is 0. The lowest BCUT2D eigenvalue weighted by atomic mass is 10.00. The molecule has 4 rings (SSSR count). The summed E-state index contributed by atoms with van der Waals surface area (Å²) in [7, 11) is -2.36. The summed E-state index contributed by atoms with van der Waals surface area (Å²) < 4.78 is 33.3. The SMILES string of the molecule is COc1ccc(S(=O)(=O)N(CC(=O)N2CCc3ccccc3C2)Cc2ccccc2)cc1. The number of carbonyl (C=O) groups is 1. The standard InChI is InChI=1S/C25H26N2O4S/c1-31-23-11-13-24(14-12-23)32(29,30)27(17-20-7-3-2-4-8-20)19-25(28)26-16-15-21-9-5-6-10-22(21)18-26/h2-14H,15-19H2,1H3. The molecule has 1 aliphatic heterocycles. The average molecular weight is 451 g/mol. The second-order valence-electron chi connectivity index (χ2n) is 7.77. The van der Waals surface area contributed by atoms with Gasteiger partial charge in [0.1, 0.15) is 5.75 Å². The molecule has 0 bridgehead atoms. The maximum Gasteiger partial charge on any atom is 0.243 e. The van der Waals surface area contributed by atoms with Crippen molar-refractivity contribution in [3.8, 4) is 5.75 Å². The zero-order chi connectivity index (χ0) is 22.6. The minimum Gasteiger partial charge on any atom is -0.497 e. The summed E-state index contributed by atoms with van der Waals surface area (Å²) in [4.78, 5) is 15.1. The zero-order valence-electron chi connectivity index (χ0n) is 18.0. The number of rotatable bonds is 7. The van der Waals surface area contributed by atoms with Gasteiger partial charge in [-0.15, -0.1) is 0 Å². The van der Waals surface area contributed by atoms with E-state index in [1.165, 1.54) is 29.1 Å². The Morgan fingerprint density at radius 1 is 0.938 bits per heavy atom. The second kappa shape index (κ2) is 9.54. The number of nitrogens with zero attached hydrogens (tertiary/aromatic N) is 2. The lowest BCUT2D eigenvalue weighted by Crippen LogP contribution is -2.44. The molecule has 0 saturated heterocycles. The van der Waals surface area contributed by atoms with Crippen molar-refractivity contribution < 1.29 is 17.9 Å². The number of sulfonamides is 1. The van der Waals surface area contributed by atoms with Crippen LogP contribution < -0.4 is 4.74 Å². The smallest absolute Gasteiger partial charge is 0.243 e. The highest BCUT2D eigenvalue weighted by molar-refractivity contribution is 7.89. The second-order valence-corrected chi connectivity index (χ2v) is 9.71. The first kappa shape index (κ1) is 22.0. The van der Waals surface area contributed by atoms with Gasteiger partial charge in [-0.2, -0.15) is 4.31 Å². The van der Waals surface area contributed by atoms with E-state index in [0.29, 0.717) is 18.8 Å². The molecule has 1 amide bonds. The summed E-state index contributed by atoms with van der Waals surface area (Å²) in [5.74, 6) is 0.370. The normalized spacial score (nSPS) is 13.6. The van der Waals surface area contributed by atoms with Gasteiger partial charge in [0.25, 0.3) is 0 Å². The van der Waals surface area contributed by atoms with Crippen LogP contribution in [0.2, 0.25) is 0 Å². The van der Waals surface area contributed by atoms with Gasteiger partial charge >= 0.3 is 0 Å². The van der Waals surface area contributed by atoms with Crippen LogP contribution in [0.5, 0.6) is 5.75 Å². The van der Waals surface area contributed by atoms with E-state index in [4.69, 9.17) is 4.74 Å². The highest BCUT2D eigenvalue weighted by Crippen LogP contribution is 2.23. The molecular weight excluding hydrogens is 424 g/mol. The van der Waals surface area contributed by atoms with E-state index in [1.807, 2.05) is 48.5 Å². The molecule has 0 aromatic heterocycles. The number of hydrogen-bond acceptors (Lipinski definition) is 4. The summed E-state index contributed by atoms with van der Waals surface area (Å²) >= 11 is 0. The summed E-state index contributed by atoms with van der Waals surface area (Å²) in [5, 5.41) is 0. The Kier molecular flexibility index (Phi) is 6.58. The highest BCUT2D eigenvalue weighted by Gasteiger charge is 2.30. The van der Waals surface area contributed by atoms with Gasteiger partial charge < -0.3 is 9.64 Å². The van der Waals surface area contributed by atoms with E-state index in [-0.39, 0.29) is 23.9 Å². The summed E-state index contributed by atoms with van der Waals surface area (Å²) in [6.45, 7) is 0.977. The number of ether oxygens (including phenoxy) is 1. The molecule has 0 radical (unpaired) electrons. The van der Waals surface area contributed by atoms with Crippen molar-refractivity contribution in [2.45, 2.75) is 24.4 Å². The lowest BCUT2D eigenvalue weighted by molar-refractivity contribution is -0.132. The van der Waals surface area contributed by atoms with Gasteiger partial charge in [-0.25, -0.2) is 8.42 Å². The van der Waals surface area contributed by atoms with Crippen LogP contribution in [0.15, 0.2) is 83.8 Å². The predicted octanol–water partition coefficient (Wildman–Crippen LogP) is 3.47. The van der Waals surface area contributed by atoms with Crippen LogP contribution in [0, 0.1) is 0 Å². The van der Waals surface area contributed by atoms with Crippen molar-refractivity contribution in [3.05, 3.63) is 95.6 Å². The summed E-state index contributed by atoms with van der Waals surface area (Å²) in [5.41, 5.74) is 3.17. The molecule has 32 heavy (non-hydrogen) atoms. The average Bonchev–Trinajstić information content (AvgIpc) is 2.84. The molecule has 3 aromatic rings. The molecule has 1 aliphatic rings. The molecule has 1 heterocycles. The summed E-state index contributed by atoms with van der Waals surface area (Å²) in [6.07, 6.45) is 0.770. The van der Waals surface area contributed by atoms with Crippen LogP contribution in [-0.2, 0) is 34.3 Å². The highest BCUT2D eigenvalue weighted by atomic mass is 32.2. The van der Waals surface area contributed by atoms with Crippen LogP contribution in [0.25, 0.3) is 0 Å². The first-order valence-corrected chi connectivity index (χ1v) is 11.9. The monoisotopic (exact) mass is 450 g/mol. The Bertz CT molecular complexity index is 1180. The Labute approximate surface area is 189 Å². The quantitative estimate of drug-likeness (QED) is 0.553. The summed E-state index contributed by atoms with van der Waals surface area (Å²) in [6, 6.07) is 23.6. The molecule has 7 heteroatoms.